The zero-order valence-corrected chi connectivity index (χ0v) is 37.3. The Labute approximate surface area is 376 Å². The summed E-state index contributed by atoms with van der Waals surface area (Å²) in [5, 5.41) is 0. The van der Waals surface area contributed by atoms with E-state index in [2.05, 4.69) is 227 Å². The van der Waals surface area contributed by atoms with Gasteiger partial charge in [0.05, 0.1) is 28.1 Å². The van der Waals surface area contributed by atoms with Crippen molar-refractivity contribution in [3.05, 3.63) is 212 Å². The Balaban J connectivity index is 1.11. The molecule has 0 aliphatic carbocycles. The third-order valence-corrected chi connectivity index (χ3v) is 12.2. The predicted octanol–water partition coefficient (Wildman–Crippen LogP) is 15.7. The van der Waals surface area contributed by atoms with Crippen molar-refractivity contribution < 1.29 is 0 Å². The summed E-state index contributed by atoms with van der Waals surface area (Å²) in [6.45, 7) is 13.5. The lowest BCUT2D eigenvalue weighted by molar-refractivity contribution is 0.590. The topological polar surface area (TPSA) is 46.3 Å². The third kappa shape index (κ3) is 7.86. The third-order valence-electron chi connectivity index (χ3n) is 12.2. The van der Waals surface area contributed by atoms with Crippen LogP contribution in [0.25, 0.3) is 72.7 Å². The number of aromatic nitrogens is 4. The maximum absolute atomic E-state index is 5.67. The fourth-order valence-corrected chi connectivity index (χ4v) is 8.55. The highest BCUT2D eigenvalue weighted by molar-refractivity contribution is 6.03. The van der Waals surface area contributed by atoms with Crippen LogP contribution in [0, 0.1) is 0 Å². The van der Waals surface area contributed by atoms with Gasteiger partial charge in [-0.2, -0.15) is 0 Å². The number of hydrogen-bond acceptors (Lipinski definition) is 4. The van der Waals surface area contributed by atoms with Gasteiger partial charge < -0.3 is 9.30 Å². The van der Waals surface area contributed by atoms with Crippen LogP contribution in [0.2, 0.25) is 0 Å². The second-order valence-electron chi connectivity index (χ2n) is 18.7. The van der Waals surface area contributed by atoms with Gasteiger partial charge in [-0.1, -0.05) is 181 Å². The summed E-state index contributed by atoms with van der Waals surface area (Å²) in [7, 11) is 0. The molecular formula is C59H51N5. The monoisotopic (exact) mass is 829 g/mol. The Bertz CT molecular complexity index is 3200. The van der Waals surface area contributed by atoms with E-state index in [1.807, 2.05) is 24.4 Å². The summed E-state index contributed by atoms with van der Waals surface area (Å²) >= 11 is 0. The van der Waals surface area contributed by atoms with E-state index in [0.717, 1.165) is 89.8 Å². The molecule has 3 heterocycles. The molecule has 0 radical (unpaired) electrons. The Kier molecular flexibility index (Phi) is 10.3. The summed E-state index contributed by atoms with van der Waals surface area (Å²) in [5.74, 6) is 0. The van der Waals surface area contributed by atoms with Gasteiger partial charge in [0.25, 0.3) is 0 Å². The molecule has 64 heavy (non-hydrogen) atoms. The summed E-state index contributed by atoms with van der Waals surface area (Å²) in [4.78, 5) is 18.5. The lowest BCUT2D eigenvalue weighted by atomic mass is 9.85. The Morgan fingerprint density at radius 3 is 1.28 bits per heavy atom. The van der Waals surface area contributed by atoms with Gasteiger partial charge >= 0.3 is 0 Å². The van der Waals surface area contributed by atoms with Crippen molar-refractivity contribution in [1.82, 2.24) is 19.4 Å². The first-order chi connectivity index (χ1) is 31.0. The van der Waals surface area contributed by atoms with Gasteiger partial charge in [0.2, 0.25) is 0 Å². The molecule has 0 saturated heterocycles. The second kappa shape index (κ2) is 16.2. The summed E-state index contributed by atoms with van der Waals surface area (Å²) in [6.07, 6.45) is 4.11. The first-order valence-electron chi connectivity index (χ1n) is 22.1. The largest absolute Gasteiger partial charge is 0.311 e. The molecule has 5 nitrogen and oxygen atoms in total. The fraction of sp³-hybridized carbons (Fsp3) is 0.136. The normalized spacial score (nSPS) is 11.9. The number of pyridine rings is 1. The van der Waals surface area contributed by atoms with Crippen LogP contribution >= 0.6 is 0 Å². The molecule has 10 rings (SSSR count). The number of fused-ring (bicyclic) bond motifs is 2. The fourth-order valence-electron chi connectivity index (χ4n) is 8.55. The average Bonchev–Trinajstić information content (AvgIpc) is 3.76. The van der Waals surface area contributed by atoms with Crippen molar-refractivity contribution >= 4 is 33.7 Å². The van der Waals surface area contributed by atoms with E-state index in [0.29, 0.717) is 0 Å². The molecule has 0 fully saturated rings. The van der Waals surface area contributed by atoms with Crippen molar-refractivity contribution in [1.29, 1.82) is 0 Å². The first kappa shape index (κ1) is 40.4. The highest BCUT2D eigenvalue weighted by atomic mass is 15.1. The lowest BCUT2D eigenvalue weighted by Gasteiger charge is -2.26. The molecule has 3 aromatic heterocycles. The van der Waals surface area contributed by atoms with Crippen LogP contribution < -0.4 is 4.90 Å². The molecule has 0 aliphatic rings. The summed E-state index contributed by atoms with van der Waals surface area (Å²) in [6, 6.07) is 66.8. The van der Waals surface area contributed by atoms with Gasteiger partial charge in [-0.15, -0.1) is 0 Å². The zero-order valence-electron chi connectivity index (χ0n) is 37.3. The number of nitrogens with zero attached hydrogens (tertiary/aromatic N) is 5. The quantitative estimate of drug-likeness (QED) is 0.153. The van der Waals surface area contributed by atoms with Crippen molar-refractivity contribution in [2.24, 2.45) is 0 Å². The van der Waals surface area contributed by atoms with Gasteiger partial charge in [0.15, 0.2) is 0 Å². The number of anilines is 3. The molecule has 7 aromatic carbocycles. The number of rotatable bonds is 8. The van der Waals surface area contributed by atoms with E-state index in [-0.39, 0.29) is 10.8 Å². The van der Waals surface area contributed by atoms with Crippen LogP contribution in [0.4, 0.5) is 17.1 Å². The van der Waals surface area contributed by atoms with E-state index < -0.39 is 0 Å². The molecule has 0 N–H and O–H groups in total. The van der Waals surface area contributed by atoms with Crippen molar-refractivity contribution in [3.8, 4) is 56.0 Å². The van der Waals surface area contributed by atoms with E-state index in [1.165, 1.54) is 11.1 Å². The van der Waals surface area contributed by atoms with Gasteiger partial charge in [0.1, 0.15) is 5.65 Å². The lowest BCUT2D eigenvalue weighted by Crippen LogP contribution is -2.10. The second-order valence-corrected chi connectivity index (χ2v) is 18.7. The van der Waals surface area contributed by atoms with E-state index in [1.54, 1.807) is 0 Å². The molecule has 0 spiro atoms. The van der Waals surface area contributed by atoms with Crippen molar-refractivity contribution in [2.45, 2.75) is 52.4 Å². The Morgan fingerprint density at radius 2 is 0.797 bits per heavy atom. The molecule has 312 valence electrons. The number of benzene rings is 7. The molecule has 0 unspecified atom stereocenters. The van der Waals surface area contributed by atoms with Crippen LogP contribution in [0.15, 0.2) is 200 Å². The predicted molar refractivity (Wildman–Crippen MR) is 268 cm³/mol. The minimum Gasteiger partial charge on any atom is -0.311 e. The van der Waals surface area contributed by atoms with Crippen LogP contribution in [-0.4, -0.2) is 19.4 Å². The van der Waals surface area contributed by atoms with Crippen LogP contribution in [0.1, 0.15) is 52.7 Å². The van der Waals surface area contributed by atoms with Crippen LogP contribution in [0.5, 0.6) is 0 Å². The maximum Gasteiger partial charge on any atom is 0.137 e. The number of para-hydroxylation sites is 1. The van der Waals surface area contributed by atoms with E-state index >= 15 is 0 Å². The Hall–Kier alpha value is -7.63. The molecular weight excluding hydrogens is 779 g/mol. The first-order valence-corrected chi connectivity index (χ1v) is 22.1. The minimum atomic E-state index is 0.0446. The number of hydrogen-bond donors (Lipinski definition) is 0. The minimum absolute atomic E-state index is 0.0446. The van der Waals surface area contributed by atoms with Gasteiger partial charge in [-0.05, 0) is 81.6 Å². The van der Waals surface area contributed by atoms with E-state index in [4.69, 9.17) is 15.0 Å². The van der Waals surface area contributed by atoms with Crippen LogP contribution in [0.3, 0.4) is 0 Å². The summed E-state index contributed by atoms with van der Waals surface area (Å²) in [5.41, 5.74) is 18.5. The SMILES string of the molecule is CC(C)(C)c1ccc(-c2ccc(-c3ccc(C(C)(C)C)cc3)c3nc(-c4ccc(N(c5ccccc5)c5ccc(-c6cn7ccccc7n6)cc5)cc4)c(-c4ccccc4)nc23)cc1. The summed E-state index contributed by atoms with van der Waals surface area (Å²) < 4.78 is 2.06. The molecule has 10 aromatic rings. The standard InChI is InChI=1S/C59H51N5/c1-58(2,3)45-28-20-40(21-29-45)50-36-37-51(41-22-30-46(31-23-41)59(4,5)6)57-56(50)61-54(43-15-9-7-10-16-43)55(62-57)44-26-34-49(35-27-44)64(47-17-11-8-12-18-47)48-32-24-42(25-33-48)52-39-63-38-14-13-19-53(63)60-52/h7-39H,1-6H3. The van der Waals surface area contributed by atoms with E-state index in [9.17, 15) is 0 Å². The average molecular weight is 830 g/mol. The molecule has 0 saturated carbocycles. The highest BCUT2D eigenvalue weighted by Gasteiger charge is 2.22. The molecule has 0 aliphatic heterocycles. The maximum atomic E-state index is 5.67. The highest BCUT2D eigenvalue weighted by Crippen LogP contribution is 2.41. The van der Waals surface area contributed by atoms with Crippen molar-refractivity contribution in [2.75, 3.05) is 4.90 Å². The molecule has 0 bridgehead atoms. The zero-order chi connectivity index (χ0) is 44.0. The molecule has 0 amide bonds. The number of imidazole rings is 1. The molecule has 0 atom stereocenters. The van der Waals surface area contributed by atoms with Crippen LogP contribution in [-0.2, 0) is 10.8 Å². The Morgan fingerprint density at radius 1 is 0.375 bits per heavy atom. The van der Waals surface area contributed by atoms with Crippen molar-refractivity contribution in [3.63, 3.8) is 0 Å². The molecule has 5 heteroatoms. The van der Waals surface area contributed by atoms with Gasteiger partial charge in [-0.25, -0.2) is 15.0 Å². The van der Waals surface area contributed by atoms with Gasteiger partial charge in [0, 0.05) is 57.3 Å². The smallest absolute Gasteiger partial charge is 0.137 e. The van der Waals surface area contributed by atoms with Gasteiger partial charge in [-0.3, -0.25) is 0 Å².